The molecule has 2 aromatic carbocycles. The molecule has 0 aliphatic heterocycles. The number of benzene rings is 2. The molecule has 0 N–H and O–H groups in total. The summed E-state index contributed by atoms with van der Waals surface area (Å²) in [6, 6.07) is 6.04. The molecule has 2 aromatic rings. The molecule has 0 spiro atoms. The number of Topliss-reactive ketones (excluding diaryl/α,β-unsaturated/α-hetero) is 1. The van der Waals surface area contributed by atoms with Gasteiger partial charge in [-0.05, 0) is 36.2 Å². The van der Waals surface area contributed by atoms with Crippen molar-refractivity contribution in [3.05, 3.63) is 69.5 Å². The van der Waals surface area contributed by atoms with Crippen LogP contribution in [0.2, 0.25) is 5.02 Å². The standard InChI is InChI=1S/C15H10ClF3O/c1-8-2-5-11(17)14(15(8)19)13(20)6-9-3-4-10(16)7-12(9)18/h2-5,7H,6H2,1H3. The van der Waals surface area contributed by atoms with Crippen LogP contribution in [0.1, 0.15) is 21.5 Å². The molecular weight excluding hydrogens is 289 g/mol. The van der Waals surface area contributed by atoms with Crippen LogP contribution in [0.3, 0.4) is 0 Å². The van der Waals surface area contributed by atoms with E-state index in [9.17, 15) is 18.0 Å². The zero-order chi connectivity index (χ0) is 14.9. The largest absolute Gasteiger partial charge is 0.294 e. The van der Waals surface area contributed by atoms with Gasteiger partial charge in [0.2, 0.25) is 0 Å². The van der Waals surface area contributed by atoms with Crippen LogP contribution in [-0.4, -0.2) is 5.78 Å². The molecule has 0 saturated heterocycles. The fourth-order valence-electron chi connectivity index (χ4n) is 1.84. The number of halogens is 4. The van der Waals surface area contributed by atoms with Crippen molar-refractivity contribution >= 4 is 17.4 Å². The maximum absolute atomic E-state index is 13.8. The minimum Gasteiger partial charge on any atom is -0.294 e. The third-order valence-corrected chi connectivity index (χ3v) is 3.16. The maximum atomic E-state index is 13.8. The third kappa shape index (κ3) is 2.85. The number of aryl methyl sites for hydroxylation is 1. The topological polar surface area (TPSA) is 17.1 Å². The molecule has 0 aromatic heterocycles. The van der Waals surface area contributed by atoms with Crippen LogP contribution in [0.15, 0.2) is 30.3 Å². The van der Waals surface area contributed by atoms with E-state index < -0.39 is 35.2 Å². The zero-order valence-electron chi connectivity index (χ0n) is 10.5. The van der Waals surface area contributed by atoms with Gasteiger partial charge in [0.1, 0.15) is 17.5 Å². The Morgan fingerprint density at radius 1 is 1.10 bits per heavy atom. The number of hydrogen-bond acceptors (Lipinski definition) is 1. The number of hydrogen-bond donors (Lipinski definition) is 0. The number of ketones is 1. The molecule has 0 radical (unpaired) electrons. The Morgan fingerprint density at radius 2 is 1.80 bits per heavy atom. The lowest BCUT2D eigenvalue weighted by Crippen LogP contribution is -2.11. The average molecular weight is 299 g/mol. The predicted molar refractivity (Wildman–Crippen MR) is 70.5 cm³/mol. The molecule has 0 heterocycles. The number of rotatable bonds is 3. The van der Waals surface area contributed by atoms with Gasteiger partial charge in [-0.3, -0.25) is 4.79 Å². The molecule has 2 rings (SSSR count). The normalized spacial score (nSPS) is 10.7. The van der Waals surface area contributed by atoms with Gasteiger partial charge in [-0.2, -0.15) is 0 Å². The highest BCUT2D eigenvalue weighted by Gasteiger charge is 2.20. The van der Waals surface area contributed by atoms with Crippen LogP contribution in [0.25, 0.3) is 0 Å². The molecule has 0 fully saturated rings. The van der Waals surface area contributed by atoms with Gasteiger partial charge in [0.25, 0.3) is 0 Å². The highest BCUT2D eigenvalue weighted by Crippen LogP contribution is 2.21. The highest BCUT2D eigenvalue weighted by atomic mass is 35.5. The van der Waals surface area contributed by atoms with Crippen LogP contribution >= 0.6 is 11.6 Å². The lowest BCUT2D eigenvalue weighted by Gasteiger charge is -2.07. The Balaban J connectivity index is 2.36. The van der Waals surface area contributed by atoms with Crippen molar-refractivity contribution in [1.82, 2.24) is 0 Å². The van der Waals surface area contributed by atoms with Gasteiger partial charge in [0.15, 0.2) is 5.78 Å². The van der Waals surface area contributed by atoms with E-state index >= 15 is 0 Å². The van der Waals surface area contributed by atoms with E-state index in [-0.39, 0.29) is 16.1 Å². The van der Waals surface area contributed by atoms with Crippen LogP contribution < -0.4 is 0 Å². The second-order valence-corrected chi connectivity index (χ2v) is 4.83. The quantitative estimate of drug-likeness (QED) is 0.763. The average Bonchev–Trinajstić information content (AvgIpc) is 2.38. The first-order valence-corrected chi connectivity index (χ1v) is 6.19. The molecule has 0 unspecified atom stereocenters. The summed E-state index contributed by atoms with van der Waals surface area (Å²) in [6.07, 6.45) is -0.430. The van der Waals surface area contributed by atoms with E-state index in [1.807, 2.05) is 0 Å². The van der Waals surface area contributed by atoms with Crippen LogP contribution in [0, 0.1) is 24.4 Å². The monoisotopic (exact) mass is 298 g/mol. The third-order valence-electron chi connectivity index (χ3n) is 2.93. The molecule has 104 valence electrons. The fraction of sp³-hybridized carbons (Fsp3) is 0.133. The predicted octanol–water partition coefficient (Wildman–Crippen LogP) is 4.49. The first-order valence-electron chi connectivity index (χ1n) is 5.82. The summed E-state index contributed by atoms with van der Waals surface area (Å²) in [6.45, 7) is 1.43. The molecule has 0 atom stereocenters. The maximum Gasteiger partial charge on any atom is 0.173 e. The molecule has 5 heteroatoms. The summed E-state index contributed by atoms with van der Waals surface area (Å²) in [5.41, 5.74) is -0.439. The number of carbonyl (C=O) groups is 1. The van der Waals surface area contributed by atoms with Crippen molar-refractivity contribution in [3.63, 3.8) is 0 Å². The minimum absolute atomic E-state index is 0.0414. The van der Waals surface area contributed by atoms with Gasteiger partial charge >= 0.3 is 0 Å². The Kier molecular flexibility index (Phi) is 4.14. The Morgan fingerprint density at radius 3 is 2.45 bits per heavy atom. The molecule has 0 bridgehead atoms. The van der Waals surface area contributed by atoms with Crippen molar-refractivity contribution < 1.29 is 18.0 Å². The van der Waals surface area contributed by atoms with Gasteiger partial charge < -0.3 is 0 Å². The van der Waals surface area contributed by atoms with E-state index in [2.05, 4.69) is 0 Å². The van der Waals surface area contributed by atoms with Crippen molar-refractivity contribution in [2.75, 3.05) is 0 Å². The molecule has 20 heavy (non-hydrogen) atoms. The molecule has 0 amide bonds. The zero-order valence-corrected chi connectivity index (χ0v) is 11.3. The highest BCUT2D eigenvalue weighted by molar-refractivity contribution is 6.30. The summed E-state index contributed by atoms with van der Waals surface area (Å²) < 4.78 is 41.0. The molecule has 0 saturated carbocycles. The van der Waals surface area contributed by atoms with E-state index in [0.717, 1.165) is 12.1 Å². The van der Waals surface area contributed by atoms with Gasteiger partial charge in [-0.25, -0.2) is 13.2 Å². The van der Waals surface area contributed by atoms with Gasteiger partial charge in [-0.1, -0.05) is 23.7 Å². The van der Waals surface area contributed by atoms with Crippen LogP contribution in [0.4, 0.5) is 13.2 Å². The first kappa shape index (κ1) is 14.6. The summed E-state index contributed by atoms with van der Waals surface area (Å²) in [4.78, 5) is 12.0. The number of carbonyl (C=O) groups excluding carboxylic acids is 1. The summed E-state index contributed by atoms with van der Waals surface area (Å²) in [7, 11) is 0. The summed E-state index contributed by atoms with van der Waals surface area (Å²) in [5, 5.41) is 0.187. The fourth-order valence-corrected chi connectivity index (χ4v) is 2.00. The van der Waals surface area contributed by atoms with Gasteiger partial charge in [0.05, 0.1) is 5.56 Å². The molecule has 0 aliphatic rings. The minimum atomic E-state index is -0.951. The second-order valence-electron chi connectivity index (χ2n) is 4.39. The molecular formula is C15H10ClF3O. The van der Waals surface area contributed by atoms with E-state index in [1.54, 1.807) is 0 Å². The Bertz CT molecular complexity index is 683. The van der Waals surface area contributed by atoms with Crippen molar-refractivity contribution in [2.45, 2.75) is 13.3 Å². The summed E-state index contributed by atoms with van der Waals surface area (Å²) >= 11 is 5.60. The van der Waals surface area contributed by atoms with E-state index in [1.165, 1.54) is 25.1 Å². The summed E-state index contributed by atoms with van der Waals surface area (Å²) in [5.74, 6) is -3.36. The molecule has 0 aliphatic carbocycles. The lowest BCUT2D eigenvalue weighted by atomic mass is 10.00. The van der Waals surface area contributed by atoms with Crippen LogP contribution in [0.5, 0.6) is 0 Å². The first-order chi connectivity index (χ1) is 9.40. The van der Waals surface area contributed by atoms with Crippen molar-refractivity contribution in [1.29, 1.82) is 0 Å². The van der Waals surface area contributed by atoms with Gasteiger partial charge in [0, 0.05) is 11.4 Å². The van der Waals surface area contributed by atoms with E-state index in [4.69, 9.17) is 11.6 Å². The second kappa shape index (κ2) is 5.67. The van der Waals surface area contributed by atoms with Crippen molar-refractivity contribution in [2.24, 2.45) is 0 Å². The van der Waals surface area contributed by atoms with E-state index in [0.29, 0.717) is 0 Å². The Hall–Kier alpha value is -1.81. The smallest absolute Gasteiger partial charge is 0.173 e. The van der Waals surface area contributed by atoms with Crippen LogP contribution in [-0.2, 0) is 6.42 Å². The SMILES string of the molecule is Cc1ccc(F)c(C(=O)Cc2ccc(Cl)cc2F)c1F. The van der Waals surface area contributed by atoms with Crippen molar-refractivity contribution in [3.8, 4) is 0 Å². The van der Waals surface area contributed by atoms with Gasteiger partial charge in [-0.15, -0.1) is 0 Å². The Labute approximate surface area is 119 Å². The molecule has 1 nitrogen and oxygen atoms in total. The lowest BCUT2D eigenvalue weighted by molar-refractivity contribution is 0.0983.